The Balaban J connectivity index is 1.43. The lowest BCUT2D eigenvalue weighted by molar-refractivity contribution is -0.132. The second kappa shape index (κ2) is 8.47. The van der Waals surface area contributed by atoms with Gasteiger partial charge in [-0.25, -0.2) is 0 Å². The maximum absolute atomic E-state index is 13.2. The van der Waals surface area contributed by atoms with Gasteiger partial charge in [0.15, 0.2) is 5.69 Å². The van der Waals surface area contributed by atoms with Gasteiger partial charge in [0.1, 0.15) is 0 Å². The van der Waals surface area contributed by atoms with E-state index < -0.39 is 0 Å². The maximum Gasteiger partial charge on any atom is 0.274 e. The number of piperazine rings is 1. The number of aromatic amines is 1. The predicted molar refractivity (Wildman–Crippen MR) is 116 cm³/mol. The highest BCUT2D eigenvalue weighted by molar-refractivity contribution is 5.94. The highest BCUT2D eigenvalue weighted by Gasteiger charge is 2.31. The van der Waals surface area contributed by atoms with Crippen LogP contribution in [0.5, 0.6) is 0 Å². The fourth-order valence-electron chi connectivity index (χ4n) is 4.27. The molecule has 0 bridgehead atoms. The molecule has 3 heterocycles. The number of nitrogens with one attached hydrogen (secondary N) is 1. The molecule has 1 fully saturated rings. The molecule has 1 N–H and O–H groups in total. The Morgan fingerprint density at radius 1 is 1.07 bits per heavy atom. The second-order valence-electron chi connectivity index (χ2n) is 8.40. The summed E-state index contributed by atoms with van der Waals surface area (Å²) in [7, 11) is 3.77. The number of para-hydroxylation sites is 1. The third-order valence-electron chi connectivity index (χ3n) is 5.96. The molecule has 8 nitrogen and oxygen atoms in total. The molecular weight excluding hydrogens is 380 g/mol. The quantitative estimate of drug-likeness (QED) is 0.818. The Kier molecular flexibility index (Phi) is 5.76. The highest BCUT2D eigenvalue weighted by atomic mass is 16.2. The number of likely N-dealkylation sites (N-methyl/N-ethyl adjacent to an activating group) is 1. The van der Waals surface area contributed by atoms with Crippen molar-refractivity contribution in [1.82, 2.24) is 24.9 Å². The molecule has 1 aromatic carbocycles. The predicted octanol–water partition coefficient (Wildman–Crippen LogP) is 1.13. The highest BCUT2D eigenvalue weighted by Crippen LogP contribution is 2.24. The average molecular weight is 411 g/mol. The van der Waals surface area contributed by atoms with Gasteiger partial charge < -0.3 is 19.6 Å². The first-order valence-electron chi connectivity index (χ1n) is 10.5. The van der Waals surface area contributed by atoms with Crippen molar-refractivity contribution in [2.75, 3.05) is 58.3 Å². The number of nitrogens with zero attached hydrogens (tertiary/aromatic N) is 5. The number of rotatable bonds is 4. The topological polar surface area (TPSA) is 75.8 Å². The van der Waals surface area contributed by atoms with E-state index in [0.717, 1.165) is 24.3 Å². The monoisotopic (exact) mass is 410 g/mol. The third-order valence-corrected chi connectivity index (χ3v) is 5.96. The van der Waals surface area contributed by atoms with Crippen LogP contribution in [0.25, 0.3) is 0 Å². The van der Waals surface area contributed by atoms with E-state index in [1.54, 1.807) is 0 Å². The van der Waals surface area contributed by atoms with Crippen LogP contribution >= 0.6 is 0 Å². The molecule has 0 unspecified atom stereocenters. The largest absolute Gasteiger partial charge is 0.368 e. The summed E-state index contributed by atoms with van der Waals surface area (Å²) in [5.41, 5.74) is 4.81. The third kappa shape index (κ3) is 4.05. The molecule has 0 radical (unpaired) electrons. The van der Waals surface area contributed by atoms with E-state index in [9.17, 15) is 9.59 Å². The van der Waals surface area contributed by atoms with E-state index in [0.29, 0.717) is 44.8 Å². The van der Waals surface area contributed by atoms with Crippen molar-refractivity contribution in [2.24, 2.45) is 0 Å². The van der Waals surface area contributed by atoms with Crippen molar-refractivity contribution in [3.05, 3.63) is 46.8 Å². The lowest BCUT2D eigenvalue weighted by Gasteiger charge is -2.36. The van der Waals surface area contributed by atoms with Crippen molar-refractivity contribution in [3.8, 4) is 0 Å². The summed E-state index contributed by atoms with van der Waals surface area (Å²) < 4.78 is 0. The van der Waals surface area contributed by atoms with Gasteiger partial charge in [-0.3, -0.25) is 14.7 Å². The lowest BCUT2D eigenvalue weighted by atomic mass is 10.0. The molecule has 8 heteroatoms. The number of carbonyl (C=O) groups is 2. The van der Waals surface area contributed by atoms with Crippen LogP contribution in [0.3, 0.4) is 0 Å². The first-order chi connectivity index (χ1) is 14.4. The number of hydrogen-bond donors (Lipinski definition) is 1. The van der Waals surface area contributed by atoms with Gasteiger partial charge in [0.05, 0.1) is 6.54 Å². The molecule has 30 heavy (non-hydrogen) atoms. The van der Waals surface area contributed by atoms with Crippen LogP contribution in [0.2, 0.25) is 0 Å². The SMILES string of the molecule is Cc1ccccc1N1CCN(C(=O)c2n[nH]c3c2CN(C(=O)CN(C)C)CC3)CC1. The van der Waals surface area contributed by atoms with Crippen LogP contribution in [-0.2, 0) is 17.8 Å². The van der Waals surface area contributed by atoms with E-state index in [-0.39, 0.29) is 11.8 Å². The van der Waals surface area contributed by atoms with Crippen LogP contribution in [-0.4, -0.2) is 90.1 Å². The first kappa shape index (κ1) is 20.4. The van der Waals surface area contributed by atoms with E-state index in [1.165, 1.54) is 11.3 Å². The number of aromatic nitrogens is 2. The molecular formula is C22H30N6O2. The summed E-state index contributed by atoms with van der Waals surface area (Å²) in [5, 5.41) is 7.37. The van der Waals surface area contributed by atoms with Gasteiger partial charge >= 0.3 is 0 Å². The molecule has 2 aliphatic heterocycles. The minimum atomic E-state index is -0.0427. The lowest BCUT2D eigenvalue weighted by Crippen LogP contribution is -2.49. The zero-order valence-corrected chi connectivity index (χ0v) is 18.0. The van der Waals surface area contributed by atoms with Crippen LogP contribution in [0, 0.1) is 6.92 Å². The molecule has 2 amide bonds. The summed E-state index contributed by atoms with van der Waals surface area (Å²) in [5.74, 6) is 0.0379. The van der Waals surface area contributed by atoms with Crippen molar-refractivity contribution in [2.45, 2.75) is 19.9 Å². The molecule has 0 atom stereocenters. The molecule has 1 saturated heterocycles. The molecule has 160 valence electrons. The van der Waals surface area contributed by atoms with E-state index >= 15 is 0 Å². The molecule has 0 aliphatic carbocycles. The molecule has 0 saturated carbocycles. The van der Waals surface area contributed by atoms with E-state index in [1.807, 2.05) is 34.9 Å². The Hall–Kier alpha value is -2.87. The summed E-state index contributed by atoms with van der Waals surface area (Å²) in [6.07, 6.45) is 0.704. The summed E-state index contributed by atoms with van der Waals surface area (Å²) >= 11 is 0. The summed E-state index contributed by atoms with van der Waals surface area (Å²) in [6.45, 7) is 6.53. The average Bonchev–Trinajstić information content (AvgIpc) is 3.16. The number of carbonyl (C=O) groups excluding carboxylic acids is 2. The number of benzene rings is 1. The summed E-state index contributed by atoms with van der Waals surface area (Å²) in [4.78, 5) is 33.6. The molecule has 1 aromatic heterocycles. The van der Waals surface area contributed by atoms with Gasteiger partial charge in [-0.05, 0) is 32.6 Å². The van der Waals surface area contributed by atoms with Crippen LogP contribution in [0.1, 0.15) is 27.3 Å². The maximum atomic E-state index is 13.2. The van der Waals surface area contributed by atoms with Crippen LogP contribution in [0.15, 0.2) is 24.3 Å². The normalized spacial score (nSPS) is 16.7. The minimum absolute atomic E-state index is 0.0427. The number of fused-ring (bicyclic) bond motifs is 1. The Bertz CT molecular complexity index is 929. The Labute approximate surface area is 177 Å². The smallest absolute Gasteiger partial charge is 0.274 e. The fraction of sp³-hybridized carbons (Fsp3) is 0.500. The first-order valence-corrected chi connectivity index (χ1v) is 10.5. The molecule has 4 rings (SSSR count). The molecule has 0 spiro atoms. The van der Waals surface area contributed by atoms with Crippen LogP contribution < -0.4 is 4.90 Å². The van der Waals surface area contributed by atoms with Gasteiger partial charge in [0, 0.05) is 62.6 Å². The van der Waals surface area contributed by atoms with Crippen LogP contribution in [0.4, 0.5) is 5.69 Å². The number of hydrogen-bond acceptors (Lipinski definition) is 5. The standard InChI is InChI=1S/C22H30N6O2/c1-16-6-4-5-7-19(16)26-10-12-27(13-11-26)22(30)21-17-14-28(20(29)15-25(2)3)9-8-18(17)23-24-21/h4-7H,8-15H2,1-3H3,(H,23,24). The van der Waals surface area contributed by atoms with Gasteiger partial charge in [0.2, 0.25) is 5.91 Å². The zero-order valence-electron chi connectivity index (χ0n) is 18.0. The van der Waals surface area contributed by atoms with Crippen molar-refractivity contribution < 1.29 is 9.59 Å². The molecule has 2 aromatic rings. The second-order valence-corrected chi connectivity index (χ2v) is 8.40. The van der Waals surface area contributed by atoms with Gasteiger partial charge in [0.25, 0.3) is 5.91 Å². The number of H-pyrrole nitrogens is 1. The number of aryl methyl sites for hydroxylation is 1. The van der Waals surface area contributed by atoms with E-state index in [2.05, 4.69) is 40.2 Å². The van der Waals surface area contributed by atoms with Crippen molar-refractivity contribution in [3.63, 3.8) is 0 Å². The van der Waals surface area contributed by atoms with Crippen molar-refractivity contribution >= 4 is 17.5 Å². The Morgan fingerprint density at radius 2 is 1.80 bits per heavy atom. The van der Waals surface area contributed by atoms with Gasteiger partial charge in [-0.2, -0.15) is 5.10 Å². The number of amides is 2. The van der Waals surface area contributed by atoms with Crippen molar-refractivity contribution in [1.29, 1.82) is 0 Å². The summed E-state index contributed by atoms with van der Waals surface area (Å²) in [6, 6.07) is 8.35. The Morgan fingerprint density at radius 3 is 2.50 bits per heavy atom. The fourth-order valence-corrected chi connectivity index (χ4v) is 4.27. The number of anilines is 1. The zero-order chi connectivity index (χ0) is 21.3. The van der Waals surface area contributed by atoms with E-state index in [4.69, 9.17) is 0 Å². The minimum Gasteiger partial charge on any atom is -0.368 e. The molecule has 2 aliphatic rings. The van der Waals surface area contributed by atoms with Gasteiger partial charge in [-0.1, -0.05) is 18.2 Å². The van der Waals surface area contributed by atoms with Gasteiger partial charge in [-0.15, -0.1) is 0 Å².